The van der Waals surface area contributed by atoms with Crippen molar-refractivity contribution in [3.63, 3.8) is 0 Å². The van der Waals surface area contributed by atoms with Gasteiger partial charge in [0.25, 0.3) is 0 Å². The first-order valence-electron chi connectivity index (χ1n) is 7.17. The first-order valence-corrected chi connectivity index (χ1v) is 7.17. The van der Waals surface area contributed by atoms with Gasteiger partial charge in [0.1, 0.15) is 5.75 Å². The van der Waals surface area contributed by atoms with Crippen molar-refractivity contribution in [1.29, 1.82) is 0 Å². The Kier molecular flexibility index (Phi) is 10.2. The zero-order valence-corrected chi connectivity index (χ0v) is 16.0. The van der Waals surface area contributed by atoms with E-state index in [-0.39, 0.29) is 24.0 Å². The van der Waals surface area contributed by atoms with Crippen molar-refractivity contribution in [2.45, 2.75) is 33.2 Å². The molecule has 0 aliphatic carbocycles. The molecule has 0 radical (unpaired) electrons. The van der Waals surface area contributed by atoms with E-state index in [1.807, 2.05) is 12.1 Å². The molecule has 1 rings (SSSR count). The molecule has 1 aromatic rings. The molecule has 120 valence electrons. The smallest absolute Gasteiger partial charge is 0.191 e. The molecule has 0 aliphatic heterocycles. The lowest BCUT2D eigenvalue weighted by atomic mass is 10.1. The number of hydrogen-bond acceptors (Lipinski definition) is 2. The number of ether oxygens (including phenoxy) is 1. The summed E-state index contributed by atoms with van der Waals surface area (Å²) >= 11 is 0. The monoisotopic (exact) mass is 405 g/mol. The van der Waals surface area contributed by atoms with E-state index in [2.05, 4.69) is 48.5 Å². The quantitative estimate of drug-likeness (QED) is 0.435. The lowest BCUT2D eigenvalue weighted by molar-refractivity contribution is 0.414. The molecule has 0 spiro atoms. The molecule has 1 aromatic carbocycles. The van der Waals surface area contributed by atoms with Gasteiger partial charge in [0.05, 0.1) is 7.11 Å². The van der Waals surface area contributed by atoms with Gasteiger partial charge in [-0.2, -0.15) is 0 Å². The number of aliphatic imine (C=N–C) groups is 1. The first kappa shape index (κ1) is 20.0. The van der Waals surface area contributed by atoms with Crippen LogP contribution in [0.25, 0.3) is 0 Å². The topological polar surface area (TPSA) is 45.7 Å². The SMILES string of the molecule is CN=C(NCCc1cccc(OC)c1)NC(C)C(C)C.I. The summed E-state index contributed by atoms with van der Waals surface area (Å²) in [6, 6.07) is 8.55. The van der Waals surface area contributed by atoms with Crippen LogP contribution in [0.1, 0.15) is 26.3 Å². The molecule has 0 aromatic heterocycles. The third-order valence-corrected chi connectivity index (χ3v) is 3.43. The molecule has 0 amide bonds. The Morgan fingerprint density at radius 1 is 1.29 bits per heavy atom. The molecule has 0 aliphatic rings. The Morgan fingerprint density at radius 3 is 2.57 bits per heavy atom. The number of hydrogen-bond donors (Lipinski definition) is 2. The molecule has 0 heterocycles. The lowest BCUT2D eigenvalue weighted by Gasteiger charge is -2.20. The fourth-order valence-corrected chi connectivity index (χ4v) is 1.73. The van der Waals surface area contributed by atoms with Gasteiger partial charge in [-0.1, -0.05) is 26.0 Å². The molecule has 2 N–H and O–H groups in total. The van der Waals surface area contributed by atoms with E-state index in [1.54, 1.807) is 14.2 Å². The van der Waals surface area contributed by atoms with Gasteiger partial charge in [-0.05, 0) is 37.0 Å². The van der Waals surface area contributed by atoms with E-state index in [4.69, 9.17) is 4.74 Å². The van der Waals surface area contributed by atoms with Crippen LogP contribution < -0.4 is 15.4 Å². The van der Waals surface area contributed by atoms with E-state index in [0.29, 0.717) is 12.0 Å². The van der Waals surface area contributed by atoms with Crippen LogP contribution in [0.5, 0.6) is 5.75 Å². The second kappa shape index (κ2) is 10.7. The molecule has 0 saturated carbocycles. The van der Waals surface area contributed by atoms with Gasteiger partial charge in [0.15, 0.2) is 5.96 Å². The van der Waals surface area contributed by atoms with E-state index >= 15 is 0 Å². The highest BCUT2D eigenvalue weighted by molar-refractivity contribution is 14.0. The Labute approximate surface area is 145 Å². The Bertz CT molecular complexity index is 435. The fraction of sp³-hybridized carbons (Fsp3) is 0.562. The van der Waals surface area contributed by atoms with Crippen molar-refractivity contribution in [3.05, 3.63) is 29.8 Å². The van der Waals surface area contributed by atoms with Crippen molar-refractivity contribution in [3.8, 4) is 5.75 Å². The number of nitrogens with one attached hydrogen (secondary N) is 2. The highest BCUT2D eigenvalue weighted by atomic mass is 127. The summed E-state index contributed by atoms with van der Waals surface area (Å²) in [4.78, 5) is 4.25. The Balaban J connectivity index is 0.00000400. The molecular formula is C16H28IN3O. The summed E-state index contributed by atoms with van der Waals surface area (Å²) in [6.07, 6.45) is 0.938. The average molecular weight is 405 g/mol. The maximum Gasteiger partial charge on any atom is 0.191 e. The molecule has 0 fully saturated rings. The van der Waals surface area contributed by atoms with Crippen LogP contribution in [0.15, 0.2) is 29.3 Å². The predicted octanol–water partition coefficient (Wildman–Crippen LogP) is 3.07. The number of nitrogens with zero attached hydrogens (tertiary/aromatic N) is 1. The van der Waals surface area contributed by atoms with Gasteiger partial charge >= 0.3 is 0 Å². The Morgan fingerprint density at radius 2 is 2.00 bits per heavy atom. The number of guanidine groups is 1. The van der Waals surface area contributed by atoms with Crippen molar-refractivity contribution >= 4 is 29.9 Å². The summed E-state index contributed by atoms with van der Waals surface area (Å²) in [6.45, 7) is 7.40. The minimum atomic E-state index is 0. The van der Waals surface area contributed by atoms with Crippen molar-refractivity contribution in [2.75, 3.05) is 20.7 Å². The largest absolute Gasteiger partial charge is 0.497 e. The third kappa shape index (κ3) is 7.55. The average Bonchev–Trinajstić information content (AvgIpc) is 2.46. The van der Waals surface area contributed by atoms with Crippen LogP contribution in [0.2, 0.25) is 0 Å². The zero-order chi connectivity index (χ0) is 15.0. The van der Waals surface area contributed by atoms with E-state index in [1.165, 1.54) is 5.56 Å². The van der Waals surface area contributed by atoms with Gasteiger partial charge in [-0.15, -0.1) is 24.0 Å². The number of methoxy groups -OCH3 is 1. The first-order chi connectivity index (χ1) is 9.56. The summed E-state index contributed by atoms with van der Waals surface area (Å²) in [7, 11) is 3.49. The van der Waals surface area contributed by atoms with Crippen LogP contribution >= 0.6 is 24.0 Å². The van der Waals surface area contributed by atoms with Gasteiger partial charge < -0.3 is 15.4 Å². The second-order valence-corrected chi connectivity index (χ2v) is 5.28. The summed E-state index contributed by atoms with van der Waals surface area (Å²) in [5.41, 5.74) is 1.25. The van der Waals surface area contributed by atoms with Crippen LogP contribution in [-0.2, 0) is 6.42 Å². The normalized spacial score (nSPS) is 12.6. The molecule has 21 heavy (non-hydrogen) atoms. The van der Waals surface area contributed by atoms with E-state index < -0.39 is 0 Å². The van der Waals surface area contributed by atoms with Crippen molar-refractivity contribution in [2.24, 2.45) is 10.9 Å². The van der Waals surface area contributed by atoms with E-state index in [9.17, 15) is 0 Å². The van der Waals surface area contributed by atoms with Gasteiger partial charge in [-0.25, -0.2) is 0 Å². The molecule has 0 saturated heterocycles. The maximum absolute atomic E-state index is 5.23. The standard InChI is InChI=1S/C16H27N3O.HI/c1-12(2)13(3)19-16(17-4)18-10-9-14-7-6-8-15(11-14)20-5;/h6-8,11-13H,9-10H2,1-5H3,(H2,17,18,19);1H. The minimum absolute atomic E-state index is 0. The lowest BCUT2D eigenvalue weighted by Crippen LogP contribution is -2.44. The highest BCUT2D eigenvalue weighted by Crippen LogP contribution is 2.12. The molecule has 4 nitrogen and oxygen atoms in total. The maximum atomic E-state index is 5.23. The molecule has 1 unspecified atom stereocenters. The van der Waals surface area contributed by atoms with Crippen molar-refractivity contribution in [1.82, 2.24) is 10.6 Å². The second-order valence-electron chi connectivity index (χ2n) is 5.28. The zero-order valence-electron chi connectivity index (χ0n) is 13.6. The number of halogens is 1. The van der Waals surface area contributed by atoms with Crippen LogP contribution in [0.3, 0.4) is 0 Å². The van der Waals surface area contributed by atoms with Gasteiger partial charge in [0, 0.05) is 19.6 Å². The molecule has 5 heteroatoms. The summed E-state index contributed by atoms with van der Waals surface area (Å²) in [5, 5.41) is 6.73. The number of benzene rings is 1. The number of rotatable bonds is 6. The molecule has 0 bridgehead atoms. The van der Waals surface area contributed by atoms with Crippen LogP contribution in [0.4, 0.5) is 0 Å². The minimum Gasteiger partial charge on any atom is -0.497 e. The molecular weight excluding hydrogens is 377 g/mol. The van der Waals surface area contributed by atoms with Crippen LogP contribution in [0, 0.1) is 5.92 Å². The highest BCUT2D eigenvalue weighted by Gasteiger charge is 2.08. The van der Waals surface area contributed by atoms with Crippen molar-refractivity contribution < 1.29 is 4.74 Å². The fourth-order valence-electron chi connectivity index (χ4n) is 1.73. The predicted molar refractivity (Wildman–Crippen MR) is 101 cm³/mol. The van der Waals surface area contributed by atoms with Gasteiger partial charge in [-0.3, -0.25) is 4.99 Å². The Hall–Kier alpha value is -0.980. The van der Waals surface area contributed by atoms with Crippen LogP contribution in [-0.4, -0.2) is 32.7 Å². The summed E-state index contributed by atoms with van der Waals surface area (Å²) in [5.74, 6) is 2.33. The third-order valence-electron chi connectivity index (χ3n) is 3.43. The molecule has 1 atom stereocenters. The van der Waals surface area contributed by atoms with Gasteiger partial charge in [0.2, 0.25) is 0 Å². The summed E-state index contributed by atoms with van der Waals surface area (Å²) < 4.78 is 5.23. The van der Waals surface area contributed by atoms with E-state index in [0.717, 1.165) is 24.7 Å².